The largest absolute Gasteiger partial charge is 0.498 e. The fraction of sp³-hybridized carbons (Fsp3) is 0.760. The molecule has 2 saturated heterocycles. The van der Waals surface area contributed by atoms with Crippen molar-refractivity contribution in [3.05, 3.63) is 12.4 Å². The van der Waals surface area contributed by atoms with Crippen molar-refractivity contribution in [3.8, 4) is 0 Å². The van der Waals surface area contributed by atoms with Gasteiger partial charge in [-0.1, -0.05) is 25.6 Å². The van der Waals surface area contributed by atoms with Gasteiger partial charge in [-0.2, -0.15) is 0 Å². The minimum atomic E-state index is -0.640. The van der Waals surface area contributed by atoms with Crippen LogP contribution in [0, 0.1) is 5.92 Å². The Kier molecular flexibility index (Phi) is 8.67. The zero-order chi connectivity index (χ0) is 26.9. The number of nitrogens with one attached hydrogen (secondary N) is 1. The number of rotatable bonds is 6. The third-order valence-electron chi connectivity index (χ3n) is 6.74. The molecule has 2 aliphatic rings. The van der Waals surface area contributed by atoms with E-state index in [0.717, 1.165) is 18.3 Å². The van der Waals surface area contributed by atoms with Gasteiger partial charge in [-0.15, -0.1) is 0 Å². The van der Waals surface area contributed by atoms with Crippen LogP contribution in [-0.4, -0.2) is 75.2 Å². The van der Waals surface area contributed by atoms with Gasteiger partial charge in [0.15, 0.2) is 5.16 Å². The minimum absolute atomic E-state index is 0.0658. The van der Waals surface area contributed by atoms with Crippen LogP contribution in [0.25, 0.3) is 0 Å². The van der Waals surface area contributed by atoms with Gasteiger partial charge in [-0.25, -0.2) is 14.8 Å². The summed E-state index contributed by atoms with van der Waals surface area (Å²) in [4.78, 5) is 36.5. The van der Waals surface area contributed by atoms with Crippen molar-refractivity contribution >= 4 is 36.3 Å². The van der Waals surface area contributed by atoms with Crippen LogP contribution < -0.4 is 10.8 Å². The highest BCUT2D eigenvalue weighted by atomic mass is 32.2. The first-order chi connectivity index (χ1) is 16.6. The Labute approximate surface area is 220 Å². The van der Waals surface area contributed by atoms with Crippen LogP contribution in [0.15, 0.2) is 17.6 Å². The van der Waals surface area contributed by atoms with Crippen LogP contribution in [0.3, 0.4) is 0 Å². The van der Waals surface area contributed by atoms with Gasteiger partial charge in [0.05, 0.1) is 11.2 Å². The molecule has 200 valence electrons. The summed E-state index contributed by atoms with van der Waals surface area (Å²) in [5.74, 6) is -0.151. The van der Waals surface area contributed by atoms with Crippen LogP contribution in [0.1, 0.15) is 75.2 Å². The molecule has 0 aliphatic carbocycles. The van der Waals surface area contributed by atoms with Crippen molar-refractivity contribution < 1.29 is 23.6 Å². The predicted molar refractivity (Wildman–Crippen MR) is 141 cm³/mol. The lowest BCUT2D eigenvalue weighted by molar-refractivity contribution is -0.135. The molecule has 2 aliphatic heterocycles. The molecule has 11 heteroatoms. The van der Waals surface area contributed by atoms with Gasteiger partial charge in [-0.3, -0.25) is 4.79 Å². The minimum Gasteiger partial charge on any atom is -0.444 e. The second-order valence-electron chi connectivity index (χ2n) is 11.9. The Bertz CT molecular complexity index is 919. The molecule has 0 saturated carbocycles. The van der Waals surface area contributed by atoms with Crippen molar-refractivity contribution in [3.63, 3.8) is 0 Å². The van der Waals surface area contributed by atoms with E-state index in [1.54, 1.807) is 44.9 Å². The number of aromatic nitrogens is 2. The first-order valence-corrected chi connectivity index (χ1v) is 13.6. The number of piperidine rings is 1. The maximum absolute atomic E-state index is 13.3. The number of carbonyl (C=O) groups is 2. The Morgan fingerprint density at radius 1 is 1.17 bits per heavy atom. The SMILES string of the molecule is CC(C)C(NC(=O)OC(C)(C)C)C(=O)N1CCC[C@@H](Sc2ncc(B3OC(C)(C)C(C)(C)O3)cn2)C1. The van der Waals surface area contributed by atoms with Crippen molar-refractivity contribution in [2.24, 2.45) is 5.92 Å². The third kappa shape index (κ3) is 7.13. The second-order valence-corrected chi connectivity index (χ2v) is 13.2. The highest BCUT2D eigenvalue weighted by Gasteiger charge is 2.52. The lowest BCUT2D eigenvalue weighted by atomic mass is 9.81. The molecule has 9 nitrogen and oxygen atoms in total. The maximum Gasteiger partial charge on any atom is 0.498 e. The van der Waals surface area contributed by atoms with Crippen molar-refractivity contribution in [1.29, 1.82) is 0 Å². The number of thioether (sulfide) groups is 1. The molecule has 3 rings (SSSR count). The highest BCUT2D eigenvalue weighted by molar-refractivity contribution is 7.99. The van der Waals surface area contributed by atoms with Gasteiger partial charge in [0.2, 0.25) is 5.91 Å². The van der Waals surface area contributed by atoms with Gasteiger partial charge in [0, 0.05) is 36.2 Å². The summed E-state index contributed by atoms with van der Waals surface area (Å²) in [6.07, 6.45) is 4.77. The number of nitrogens with zero attached hydrogens (tertiary/aromatic N) is 3. The number of amides is 2. The van der Waals surface area contributed by atoms with E-state index in [0.29, 0.717) is 18.2 Å². The molecule has 36 heavy (non-hydrogen) atoms. The van der Waals surface area contributed by atoms with Crippen LogP contribution in [0.4, 0.5) is 4.79 Å². The summed E-state index contributed by atoms with van der Waals surface area (Å²) in [7, 11) is -0.498. The molecule has 1 aromatic heterocycles. The molecule has 2 amide bonds. The summed E-state index contributed by atoms with van der Waals surface area (Å²) >= 11 is 1.57. The fourth-order valence-electron chi connectivity index (χ4n) is 4.02. The molecule has 1 unspecified atom stereocenters. The Balaban J connectivity index is 1.59. The summed E-state index contributed by atoms with van der Waals surface area (Å²) in [5.41, 5.74) is -0.684. The molecule has 1 aromatic rings. The van der Waals surface area contributed by atoms with E-state index < -0.39 is 36.1 Å². The Hall–Kier alpha value is -1.85. The first kappa shape index (κ1) is 28.7. The molecule has 0 radical (unpaired) electrons. The van der Waals surface area contributed by atoms with E-state index in [1.165, 1.54) is 0 Å². The summed E-state index contributed by atoms with van der Waals surface area (Å²) in [5, 5.41) is 3.59. The number of hydrogen-bond acceptors (Lipinski definition) is 8. The van der Waals surface area contributed by atoms with E-state index in [2.05, 4.69) is 15.3 Å². The normalized spacial score (nSPS) is 22.4. The van der Waals surface area contributed by atoms with Gasteiger partial charge < -0.3 is 24.3 Å². The van der Waals surface area contributed by atoms with Crippen LogP contribution >= 0.6 is 11.8 Å². The van der Waals surface area contributed by atoms with E-state index >= 15 is 0 Å². The average Bonchev–Trinajstić information content (AvgIpc) is 2.98. The Morgan fingerprint density at radius 2 is 1.75 bits per heavy atom. The van der Waals surface area contributed by atoms with Gasteiger partial charge in [0.25, 0.3) is 0 Å². The third-order valence-corrected chi connectivity index (χ3v) is 7.88. The van der Waals surface area contributed by atoms with Gasteiger partial charge in [0.1, 0.15) is 11.6 Å². The van der Waals surface area contributed by atoms with Crippen LogP contribution in [0.5, 0.6) is 0 Å². The molecule has 1 N–H and O–H groups in total. The number of carbonyl (C=O) groups excluding carboxylic acids is 2. The molecule has 2 atom stereocenters. The van der Waals surface area contributed by atoms with Crippen molar-refractivity contribution in [2.45, 2.75) is 108 Å². The first-order valence-electron chi connectivity index (χ1n) is 12.7. The fourth-order valence-corrected chi connectivity index (χ4v) is 5.08. The second kappa shape index (κ2) is 10.9. The number of hydrogen-bond donors (Lipinski definition) is 1. The topological polar surface area (TPSA) is 103 Å². The lowest BCUT2D eigenvalue weighted by Crippen LogP contribution is -2.54. The van der Waals surface area contributed by atoms with E-state index in [1.807, 2.05) is 46.4 Å². The van der Waals surface area contributed by atoms with Crippen LogP contribution in [0.2, 0.25) is 0 Å². The monoisotopic (exact) mass is 520 g/mol. The lowest BCUT2D eigenvalue weighted by Gasteiger charge is -2.35. The summed E-state index contributed by atoms with van der Waals surface area (Å²) in [6, 6.07) is -0.640. The zero-order valence-corrected chi connectivity index (χ0v) is 23.9. The number of likely N-dealkylation sites (tertiary alicyclic amines) is 1. The molecule has 0 spiro atoms. The smallest absolute Gasteiger partial charge is 0.444 e. The maximum atomic E-state index is 13.3. The standard InChI is InChI=1S/C25H41BN4O5S/c1-16(2)19(29-22(32)33-23(3,4)5)20(31)30-12-10-11-18(15-30)36-21-27-13-17(14-28-21)26-34-24(6,7)25(8,9)35-26/h13-14,16,18-19H,10-12,15H2,1-9H3,(H,29,32)/t18-,19?/m1/s1. The molecule has 0 bridgehead atoms. The molecule has 2 fully saturated rings. The average molecular weight is 521 g/mol. The quantitative estimate of drug-likeness (QED) is 0.450. The summed E-state index contributed by atoms with van der Waals surface area (Å²) < 4.78 is 17.5. The molecular weight excluding hydrogens is 479 g/mol. The predicted octanol–water partition coefficient (Wildman–Crippen LogP) is 3.41. The molecule has 0 aromatic carbocycles. The van der Waals surface area contributed by atoms with Crippen molar-refractivity contribution in [2.75, 3.05) is 13.1 Å². The summed E-state index contributed by atoms with van der Waals surface area (Å²) in [6.45, 7) is 18.5. The van der Waals surface area contributed by atoms with E-state index in [-0.39, 0.29) is 17.1 Å². The highest BCUT2D eigenvalue weighted by Crippen LogP contribution is 2.36. The zero-order valence-electron chi connectivity index (χ0n) is 23.1. The van der Waals surface area contributed by atoms with Crippen molar-refractivity contribution in [1.82, 2.24) is 20.2 Å². The molecule has 3 heterocycles. The van der Waals surface area contributed by atoms with Crippen LogP contribution in [-0.2, 0) is 18.8 Å². The number of ether oxygens (including phenoxy) is 1. The van der Waals surface area contributed by atoms with Gasteiger partial charge in [-0.05, 0) is 67.2 Å². The number of alkyl carbamates (subject to hydrolysis) is 1. The van der Waals surface area contributed by atoms with E-state index in [9.17, 15) is 9.59 Å². The van der Waals surface area contributed by atoms with E-state index in [4.69, 9.17) is 14.0 Å². The van der Waals surface area contributed by atoms with Gasteiger partial charge >= 0.3 is 13.2 Å². The molecular formula is C25H41BN4O5S. The Morgan fingerprint density at radius 3 is 2.28 bits per heavy atom.